The van der Waals surface area contributed by atoms with E-state index in [4.69, 9.17) is 14.2 Å². The first-order chi connectivity index (χ1) is 29.9. The van der Waals surface area contributed by atoms with Gasteiger partial charge in [-0.05, 0) is 54.1 Å². The van der Waals surface area contributed by atoms with Crippen molar-refractivity contribution in [1.82, 2.24) is 0 Å². The highest BCUT2D eigenvalue weighted by atomic mass is 16.5. The van der Waals surface area contributed by atoms with Crippen molar-refractivity contribution in [3.63, 3.8) is 0 Å². The molecule has 3 heterocycles. The summed E-state index contributed by atoms with van der Waals surface area (Å²) in [5.41, 5.74) is -0.232. The van der Waals surface area contributed by atoms with Gasteiger partial charge in [-0.2, -0.15) is 0 Å². The van der Waals surface area contributed by atoms with Gasteiger partial charge in [0.15, 0.2) is 58.2 Å². The van der Waals surface area contributed by atoms with E-state index in [9.17, 15) is 76.6 Å². The van der Waals surface area contributed by atoms with Gasteiger partial charge in [-0.15, -0.1) is 0 Å². The molecule has 63 heavy (non-hydrogen) atoms. The standard InChI is InChI=1S/C45H38O18/c46-18-2-3-19-32(12-18)61-42(16-8-27(52)37(57)28(53)9-16)39(59)33(19)35-23(48)6-4-20-34(40(60)43(63-44(20)35)17-10-29(54)38(58)30(55)11-17)36-26(51)14-24(49)21-13-31(56)41(62-45(21)36)15-1-5-22(47)25(50)7-15/h1-12,14,31,33-34,39-43,46-60H,13H2. The molecule has 8 atom stereocenters. The van der Waals surface area contributed by atoms with Crippen LogP contribution in [0.5, 0.6) is 86.2 Å². The third-order valence-corrected chi connectivity index (χ3v) is 11.8. The van der Waals surface area contributed by atoms with Crippen molar-refractivity contribution < 1.29 is 90.8 Å². The van der Waals surface area contributed by atoms with Gasteiger partial charge in [-0.25, -0.2) is 0 Å². The smallest absolute Gasteiger partial charge is 0.200 e. The van der Waals surface area contributed by atoms with Crippen molar-refractivity contribution in [2.75, 3.05) is 0 Å². The van der Waals surface area contributed by atoms with Gasteiger partial charge in [-0.3, -0.25) is 0 Å². The zero-order valence-electron chi connectivity index (χ0n) is 32.3. The van der Waals surface area contributed by atoms with E-state index in [2.05, 4.69) is 0 Å². The Hall–Kier alpha value is -7.80. The Morgan fingerprint density at radius 1 is 0.397 bits per heavy atom. The van der Waals surface area contributed by atoms with Gasteiger partial charge in [0.25, 0.3) is 0 Å². The van der Waals surface area contributed by atoms with Crippen LogP contribution in [0.3, 0.4) is 0 Å². The van der Waals surface area contributed by atoms with Crippen molar-refractivity contribution in [3.05, 3.63) is 123 Å². The fourth-order valence-corrected chi connectivity index (χ4v) is 8.90. The fraction of sp³-hybridized carbons (Fsp3) is 0.200. The third kappa shape index (κ3) is 6.46. The van der Waals surface area contributed by atoms with E-state index in [1.165, 1.54) is 42.5 Å². The number of ether oxygens (including phenoxy) is 3. The van der Waals surface area contributed by atoms with E-state index in [1.807, 2.05) is 0 Å². The predicted octanol–water partition coefficient (Wildman–Crippen LogP) is 4.44. The molecular weight excluding hydrogens is 828 g/mol. The Bertz CT molecular complexity index is 2800. The average Bonchev–Trinajstić information content (AvgIpc) is 3.23. The topological polar surface area (TPSA) is 331 Å². The molecule has 0 bridgehead atoms. The van der Waals surface area contributed by atoms with E-state index in [0.717, 1.165) is 36.4 Å². The number of phenols is 12. The van der Waals surface area contributed by atoms with E-state index in [1.54, 1.807) is 0 Å². The number of benzene rings is 6. The lowest BCUT2D eigenvalue weighted by atomic mass is 9.74. The van der Waals surface area contributed by atoms with Gasteiger partial charge in [0.05, 0.1) is 6.10 Å². The lowest BCUT2D eigenvalue weighted by Gasteiger charge is -2.43. The van der Waals surface area contributed by atoms with Crippen molar-refractivity contribution in [2.24, 2.45) is 0 Å². The van der Waals surface area contributed by atoms with Crippen LogP contribution in [0, 0.1) is 0 Å². The number of aliphatic hydroxyl groups is 3. The molecule has 0 amide bonds. The molecule has 0 radical (unpaired) electrons. The van der Waals surface area contributed by atoms with Crippen LogP contribution in [0.15, 0.2) is 78.9 Å². The summed E-state index contributed by atoms with van der Waals surface area (Å²) in [6, 6.07) is 15.1. The maximum Gasteiger partial charge on any atom is 0.200 e. The van der Waals surface area contributed by atoms with E-state index in [-0.39, 0.29) is 73.9 Å². The molecule has 15 N–H and O–H groups in total. The highest BCUT2D eigenvalue weighted by molar-refractivity contribution is 5.67. The molecule has 0 aliphatic carbocycles. The van der Waals surface area contributed by atoms with Gasteiger partial charge < -0.3 is 90.8 Å². The van der Waals surface area contributed by atoms with Crippen LogP contribution in [0.25, 0.3) is 0 Å². The Morgan fingerprint density at radius 3 is 1.51 bits per heavy atom. The number of hydrogen-bond acceptors (Lipinski definition) is 18. The first-order valence-corrected chi connectivity index (χ1v) is 19.3. The zero-order valence-corrected chi connectivity index (χ0v) is 32.3. The predicted molar refractivity (Wildman–Crippen MR) is 214 cm³/mol. The number of fused-ring (bicyclic) bond motifs is 3. The molecule has 0 aromatic heterocycles. The molecule has 0 spiro atoms. The average molecular weight is 867 g/mol. The molecule has 8 unspecified atom stereocenters. The highest BCUT2D eigenvalue weighted by Crippen LogP contribution is 2.60. The molecule has 0 fully saturated rings. The molecule has 9 rings (SSSR count). The van der Waals surface area contributed by atoms with Gasteiger partial charge >= 0.3 is 0 Å². The third-order valence-electron chi connectivity index (χ3n) is 11.8. The summed E-state index contributed by atoms with van der Waals surface area (Å²) in [4.78, 5) is 0. The van der Waals surface area contributed by atoms with Crippen LogP contribution in [0.1, 0.15) is 74.7 Å². The lowest BCUT2D eigenvalue weighted by Crippen LogP contribution is -2.39. The van der Waals surface area contributed by atoms with Crippen molar-refractivity contribution >= 4 is 0 Å². The van der Waals surface area contributed by atoms with Crippen LogP contribution >= 0.6 is 0 Å². The number of rotatable bonds is 5. The molecule has 3 aliphatic rings. The van der Waals surface area contributed by atoms with Crippen LogP contribution in [-0.4, -0.2) is 94.9 Å². The normalized spacial score (nSPS) is 23.6. The molecule has 0 saturated heterocycles. The molecular formula is C45H38O18. The summed E-state index contributed by atoms with van der Waals surface area (Å²) in [7, 11) is 0. The molecule has 18 nitrogen and oxygen atoms in total. The summed E-state index contributed by atoms with van der Waals surface area (Å²) in [5, 5.41) is 164. The number of hydrogen-bond donors (Lipinski definition) is 15. The number of phenolic OH excluding ortho intramolecular Hbond substituents is 12. The van der Waals surface area contributed by atoms with Gasteiger partial charge in [-0.1, -0.05) is 18.2 Å². The van der Waals surface area contributed by atoms with Gasteiger partial charge in [0, 0.05) is 69.3 Å². The summed E-state index contributed by atoms with van der Waals surface area (Å²) in [5.74, 6) is -11.3. The minimum Gasteiger partial charge on any atom is -0.508 e. The fourth-order valence-electron chi connectivity index (χ4n) is 8.90. The SMILES string of the molecule is Oc1ccc2c(c1)OC(c1cc(O)c(O)c(O)c1)C(O)C2c1c(O)ccc2c1OC(c1cc(O)c(O)c(O)c1)C(O)C2c1c(O)cc(O)c2c1OC(c1ccc(O)c(O)c1)C(O)C2. The minimum absolute atomic E-state index is 0.0119. The van der Waals surface area contributed by atoms with Crippen LogP contribution in [-0.2, 0) is 6.42 Å². The summed E-state index contributed by atoms with van der Waals surface area (Å²) in [6.45, 7) is 0. The maximum atomic E-state index is 12.5. The maximum absolute atomic E-state index is 12.5. The molecule has 3 aliphatic heterocycles. The van der Waals surface area contributed by atoms with Crippen molar-refractivity contribution in [2.45, 2.75) is 54.9 Å². The Morgan fingerprint density at radius 2 is 0.905 bits per heavy atom. The Balaban J connectivity index is 1.29. The number of aliphatic hydroxyl groups excluding tert-OH is 3. The van der Waals surface area contributed by atoms with E-state index in [0.29, 0.717) is 0 Å². The first kappa shape index (κ1) is 40.6. The highest BCUT2D eigenvalue weighted by Gasteiger charge is 2.49. The minimum atomic E-state index is -1.83. The first-order valence-electron chi connectivity index (χ1n) is 19.3. The van der Waals surface area contributed by atoms with Crippen molar-refractivity contribution in [3.8, 4) is 86.2 Å². The molecule has 6 aromatic carbocycles. The summed E-state index contributed by atoms with van der Waals surface area (Å²) < 4.78 is 19.0. The Kier molecular flexibility index (Phi) is 9.46. The van der Waals surface area contributed by atoms with E-state index >= 15 is 0 Å². The second-order valence-corrected chi connectivity index (χ2v) is 15.7. The van der Waals surface area contributed by atoms with Gasteiger partial charge in [0.1, 0.15) is 58.6 Å². The summed E-state index contributed by atoms with van der Waals surface area (Å²) >= 11 is 0. The zero-order chi connectivity index (χ0) is 44.9. The van der Waals surface area contributed by atoms with Crippen LogP contribution < -0.4 is 14.2 Å². The number of aromatic hydroxyl groups is 12. The quantitative estimate of drug-likeness (QED) is 0.106. The lowest BCUT2D eigenvalue weighted by molar-refractivity contribution is -0.00477. The summed E-state index contributed by atoms with van der Waals surface area (Å²) in [6.07, 6.45) is -9.69. The van der Waals surface area contributed by atoms with Gasteiger partial charge in [0.2, 0.25) is 0 Å². The van der Waals surface area contributed by atoms with E-state index < -0.39 is 112 Å². The largest absolute Gasteiger partial charge is 0.508 e. The molecule has 6 aromatic rings. The second-order valence-electron chi connectivity index (χ2n) is 15.7. The molecule has 0 saturated carbocycles. The van der Waals surface area contributed by atoms with Crippen molar-refractivity contribution in [1.29, 1.82) is 0 Å². The molecule has 326 valence electrons. The van der Waals surface area contributed by atoms with Crippen LogP contribution in [0.2, 0.25) is 0 Å². The molecule has 18 heteroatoms. The van der Waals surface area contributed by atoms with Crippen LogP contribution in [0.4, 0.5) is 0 Å². The second kappa shape index (κ2) is 14.7. The monoisotopic (exact) mass is 866 g/mol. The Labute approximate surface area is 354 Å².